The van der Waals surface area contributed by atoms with Crippen LogP contribution in [0.1, 0.15) is 12.5 Å². The molecule has 0 unspecified atom stereocenters. The summed E-state index contributed by atoms with van der Waals surface area (Å²) < 4.78 is 0. The zero-order valence-electron chi connectivity index (χ0n) is 6.13. The van der Waals surface area contributed by atoms with Crippen molar-refractivity contribution in [1.82, 2.24) is 15.4 Å². The third-order valence-corrected chi connectivity index (χ3v) is 1.49. The molecular weight excluding hydrogens is 140 g/mol. The van der Waals surface area contributed by atoms with Crippen molar-refractivity contribution in [3.05, 3.63) is 23.8 Å². The van der Waals surface area contributed by atoms with Crippen molar-refractivity contribution in [2.24, 2.45) is 0 Å². The summed E-state index contributed by atoms with van der Waals surface area (Å²) in [4.78, 5) is 7.93. The fourth-order valence-electron chi connectivity index (χ4n) is 0.978. The minimum Gasteiger partial charge on any atom is -0.304 e. The van der Waals surface area contributed by atoms with Gasteiger partial charge in [0.25, 0.3) is 0 Å². The fraction of sp³-hybridized carbons (Fsp3) is 0.143. The first kappa shape index (κ1) is 6.15. The lowest BCUT2D eigenvalue weighted by atomic mass is 10.2. The summed E-state index contributed by atoms with van der Waals surface area (Å²) in [5, 5.41) is 0. The first-order valence-electron chi connectivity index (χ1n) is 3.36. The Hall–Kier alpha value is -1.58. The van der Waals surface area contributed by atoms with Gasteiger partial charge in [-0.25, -0.2) is 9.97 Å². The van der Waals surface area contributed by atoms with E-state index in [9.17, 15) is 0 Å². The molecule has 4 heteroatoms. The van der Waals surface area contributed by atoms with Gasteiger partial charge in [0.15, 0.2) is 5.82 Å². The molecule has 0 radical (unpaired) electrons. The average molecular weight is 148 g/mol. The summed E-state index contributed by atoms with van der Waals surface area (Å²) in [5.74, 6) is 0.825. The number of hydrogen-bond acceptors (Lipinski definition) is 4. The largest absolute Gasteiger partial charge is 0.304 e. The van der Waals surface area contributed by atoms with Crippen LogP contribution in [0.15, 0.2) is 18.2 Å². The van der Waals surface area contributed by atoms with Crippen LogP contribution in [0.3, 0.4) is 0 Å². The highest BCUT2D eigenvalue weighted by Crippen LogP contribution is 2.15. The Morgan fingerprint density at radius 1 is 1.36 bits per heavy atom. The van der Waals surface area contributed by atoms with Gasteiger partial charge < -0.3 is 5.43 Å². The van der Waals surface area contributed by atoms with Crippen LogP contribution in [0, 0.1) is 0 Å². The summed E-state index contributed by atoms with van der Waals surface area (Å²) >= 11 is 0. The average Bonchev–Trinajstić information content (AvgIpc) is 2.04. The van der Waals surface area contributed by atoms with Gasteiger partial charge in [-0.2, -0.15) is 0 Å². The van der Waals surface area contributed by atoms with Crippen LogP contribution in [0.4, 0.5) is 5.82 Å². The van der Waals surface area contributed by atoms with E-state index in [1.54, 1.807) is 6.20 Å². The molecule has 4 nitrogen and oxygen atoms in total. The summed E-state index contributed by atoms with van der Waals surface area (Å²) in [6, 6.07) is 0. The van der Waals surface area contributed by atoms with Gasteiger partial charge in [0, 0.05) is 17.5 Å². The second-order valence-corrected chi connectivity index (χ2v) is 2.40. The summed E-state index contributed by atoms with van der Waals surface area (Å²) in [5.41, 5.74) is 7.98. The van der Waals surface area contributed by atoms with Crippen molar-refractivity contribution in [2.75, 3.05) is 5.43 Å². The van der Waals surface area contributed by atoms with Gasteiger partial charge in [-0.1, -0.05) is 0 Å². The summed E-state index contributed by atoms with van der Waals surface area (Å²) in [6.07, 6.45) is 5.29. The lowest BCUT2D eigenvalue weighted by molar-refractivity contribution is 0.930. The molecular formula is C7H8N4. The Bertz CT molecular complexity index is 305. The van der Waals surface area contributed by atoms with Crippen LogP contribution < -0.4 is 10.9 Å². The van der Waals surface area contributed by atoms with Gasteiger partial charge in [-0.15, -0.1) is 0 Å². The minimum atomic E-state index is 0.825. The van der Waals surface area contributed by atoms with E-state index in [1.165, 1.54) is 6.33 Å². The molecule has 0 saturated heterocycles. The molecule has 0 aromatic carbocycles. The van der Waals surface area contributed by atoms with Gasteiger partial charge in [-0.05, 0) is 13.0 Å². The van der Waals surface area contributed by atoms with E-state index in [0.717, 1.165) is 17.1 Å². The van der Waals surface area contributed by atoms with Crippen molar-refractivity contribution < 1.29 is 0 Å². The van der Waals surface area contributed by atoms with Crippen LogP contribution in [0.2, 0.25) is 0 Å². The second kappa shape index (κ2) is 2.23. The smallest absolute Gasteiger partial charge is 0.155 e. The molecule has 0 spiro atoms. The highest BCUT2D eigenvalue weighted by Gasteiger charge is 2.05. The maximum absolute atomic E-state index is 4.02. The van der Waals surface area contributed by atoms with Gasteiger partial charge in [-0.3, -0.25) is 5.43 Å². The number of fused-ring (bicyclic) bond motifs is 1. The molecule has 0 amide bonds. The molecule has 2 N–H and O–H groups in total. The molecule has 0 fully saturated rings. The Morgan fingerprint density at radius 2 is 2.27 bits per heavy atom. The number of aromatic nitrogens is 2. The first-order chi connectivity index (χ1) is 5.36. The maximum atomic E-state index is 4.02. The van der Waals surface area contributed by atoms with Crippen molar-refractivity contribution in [1.29, 1.82) is 0 Å². The van der Waals surface area contributed by atoms with Gasteiger partial charge in [0.1, 0.15) is 6.33 Å². The van der Waals surface area contributed by atoms with E-state index in [-0.39, 0.29) is 0 Å². The predicted octanol–water partition coefficient (Wildman–Crippen LogP) is 0.768. The predicted molar refractivity (Wildman–Crippen MR) is 42.4 cm³/mol. The highest BCUT2D eigenvalue weighted by atomic mass is 15.4. The number of hydrogen-bond donors (Lipinski definition) is 2. The topological polar surface area (TPSA) is 49.8 Å². The number of rotatable bonds is 0. The minimum absolute atomic E-state index is 0.825. The van der Waals surface area contributed by atoms with Crippen LogP contribution in [0.25, 0.3) is 6.08 Å². The Labute approximate surface area is 64.3 Å². The number of allylic oxidation sites excluding steroid dienone is 1. The third kappa shape index (κ3) is 1.02. The highest BCUT2D eigenvalue weighted by molar-refractivity contribution is 5.65. The van der Waals surface area contributed by atoms with Gasteiger partial charge >= 0.3 is 0 Å². The SMILES string of the molecule is CC1=Cc2cncnc2NN1. The third-order valence-electron chi connectivity index (χ3n) is 1.49. The Morgan fingerprint density at radius 3 is 3.18 bits per heavy atom. The monoisotopic (exact) mass is 148 g/mol. The normalized spacial score (nSPS) is 14.1. The molecule has 2 heterocycles. The van der Waals surface area contributed by atoms with Crippen LogP contribution in [-0.2, 0) is 0 Å². The number of anilines is 1. The molecule has 0 saturated carbocycles. The Kier molecular flexibility index (Phi) is 1.25. The van der Waals surface area contributed by atoms with Crippen LogP contribution >= 0.6 is 0 Å². The van der Waals surface area contributed by atoms with Crippen molar-refractivity contribution >= 4 is 11.9 Å². The van der Waals surface area contributed by atoms with Crippen molar-refractivity contribution in [3.8, 4) is 0 Å². The van der Waals surface area contributed by atoms with Gasteiger partial charge in [0.05, 0.1) is 0 Å². The molecule has 0 atom stereocenters. The maximum Gasteiger partial charge on any atom is 0.155 e. The zero-order chi connectivity index (χ0) is 7.68. The number of hydrazine groups is 1. The number of nitrogens with one attached hydrogen (secondary N) is 2. The lowest BCUT2D eigenvalue weighted by Crippen LogP contribution is -2.23. The number of nitrogens with zero attached hydrogens (tertiary/aromatic N) is 2. The van der Waals surface area contributed by atoms with Gasteiger partial charge in [0.2, 0.25) is 0 Å². The molecule has 0 aliphatic carbocycles. The first-order valence-corrected chi connectivity index (χ1v) is 3.36. The molecule has 1 aromatic heterocycles. The van der Waals surface area contributed by atoms with E-state index in [4.69, 9.17) is 0 Å². The molecule has 56 valence electrons. The van der Waals surface area contributed by atoms with E-state index < -0.39 is 0 Å². The molecule has 11 heavy (non-hydrogen) atoms. The summed E-state index contributed by atoms with van der Waals surface area (Å²) in [6.45, 7) is 1.98. The zero-order valence-corrected chi connectivity index (χ0v) is 6.13. The van der Waals surface area contributed by atoms with Crippen molar-refractivity contribution in [3.63, 3.8) is 0 Å². The van der Waals surface area contributed by atoms with E-state index in [1.807, 2.05) is 13.0 Å². The molecule has 1 aromatic rings. The Balaban J connectivity index is 2.51. The van der Waals surface area contributed by atoms with Crippen LogP contribution in [-0.4, -0.2) is 9.97 Å². The van der Waals surface area contributed by atoms with E-state index >= 15 is 0 Å². The molecule has 0 bridgehead atoms. The fourth-order valence-corrected chi connectivity index (χ4v) is 0.978. The van der Waals surface area contributed by atoms with Crippen molar-refractivity contribution in [2.45, 2.75) is 6.92 Å². The van der Waals surface area contributed by atoms with E-state index in [2.05, 4.69) is 20.8 Å². The van der Waals surface area contributed by atoms with E-state index in [0.29, 0.717) is 0 Å². The standard InChI is InChI=1S/C7H8N4/c1-5-2-6-3-8-4-9-7(6)11-10-5/h2-4,10H,1H3,(H,8,9,11). The molecule has 2 rings (SSSR count). The van der Waals surface area contributed by atoms with Crippen LogP contribution in [0.5, 0.6) is 0 Å². The molecule has 1 aliphatic heterocycles. The quantitative estimate of drug-likeness (QED) is 0.570. The lowest BCUT2D eigenvalue weighted by Gasteiger charge is -2.15. The summed E-state index contributed by atoms with van der Waals surface area (Å²) in [7, 11) is 0. The second-order valence-electron chi connectivity index (χ2n) is 2.40. The molecule has 1 aliphatic rings.